The van der Waals surface area contributed by atoms with Gasteiger partial charge in [-0.3, -0.25) is 4.98 Å². The van der Waals surface area contributed by atoms with E-state index in [1.165, 1.54) is 64.2 Å². The summed E-state index contributed by atoms with van der Waals surface area (Å²) in [6.45, 7) is 5.58. The van der Waals surface area contributed by atoms with E-state index in [9.17, 15) is 0 Å². The minimum Gasteiger partial charge on any atom is -0.309 e. The van der Waals surface area contributed by atoms with E-state index < -0.39 is 0 Å². The van der Waals surface area contributed by atoms with Gasteiger partial charge in [0.15, 0.2) is 0 Å². The fourth-order valence-electron chi connectivity index (χ4n) is 2.67. The Morgan fingerprint density at radius 3 is 2.10 bits per heavy atom. The van der Waals surface area contributed by atoms with Gasteiger partial charge in [0, 0.05) is 12.2 Å². The number of nitrogens with one attached hydrogen (secondary N) is 1. The van der Waals surface area contributed by atoms with Crippen molar-refractivity contribution in [3.8, 4) is 0 Å². The summed E-state index contributed by atoms with van der Waals surface area (Å²) in [4.78, 5) is 4.39. The molecule has 0 bridgehead atoms. The van der Waals surface area contributed by atoms with Crippen molar-refractivity contribution in [3.05, 3.63) is 30.1 Å². The average Bonchev–Trinajstić information content (AvgIpc) is 2.53. The Bertz CT molecular complexity index is 324. The van der Waals surface area contributed by atoms with Crippen molar-refractivity contribution in [2.45, 2.75) is 84.1 Å². The molecule has 21 heavy (non-hydrogen) atoms. The highest BCUT2D eigenvalue weighted by Gasteiger charge is 2.03. The SMILES string of the molecule is CCCCCCCCCCCCN[C@@H](C)c1ccccn1. The molecule has 120 valence electrons. The monoisotopic (exact) mass is 290 g/mol. The second kappa shape index (κ2) is 12.8. The van der Waals surface area contributed by atoms with E-state index in [0.29, 0.717) is 6.04 Å². The van der Waals surface area contributed by atoms with Gasteiger partial charge in [-0.05, 0) is 32.0 Å². The molecular formula is C19H34N2. The van der Waals surface area contributed by atoms with Crippen LogP contribution in [-0.4, -0.2) is 11.5 Å². The summed E-state index contributed by atoms with van der Waals surface area (Å²) in [6.07, 6.45) is 15.8. The van der Waals surface area contributed by atoms with E-state index in [-0.39, 0.29) is 0 Å². The zero-order chi connectivity index (χ0) is 15.2. The van der Waals surface area contributed by atoms with Crippen molar-refractivity contribution in [3.63, 3.8) is 0 Å². The van der Waals surface area contributed by atoms with E-state index in [4.69, 9.17) is 0 Å². The van der Waals surface area contributed by atoms with Crippen LogP contribution in [0.2, 0.25) is 0 Å². The Labute approximate surface area is 131 Å². The van der Waals surface area contributed by atoms with Crippen molar-refractivity contribution in [2.24, 2.45) is 0 Å². The van der Waals surface area contributed by atoms with Gasteiger partial charge in [0.25, 0.3) is 0 Å². The summed E-state index contributed by atoms with van der Waals surface area (Å²) < 4.78 is 0. The number of hydrogen-bond donors (Lipinski definition) is 1. The lowest BCUT2D eigenvalue weighted by atomic mass is 10.1. The molecule has 0 aliphatic heterocycles. The Balaban J connectivity index is 1.86. The molecular weight excluding hydrogens is 256 g/mol. The summed E-state index contributed by atoms with van der Waals surface area (Å²) in [5, 5.41) is 3.56. The lowest BCUT2D eigenvalue weighted by molar-refractivity contribution is 0.513. The number of pyridine rings is 1. The summed E-state index contributed by atoms with van der Waals surface area (Å²) >= 11 is 0. The first-order valence-electron chi connectivity index (χ1n) is 8.99. The highest BCUT2D eigenvalue weighted by molar-refractivity contribution is 5.07. The third-order valence-corrected chi connectivity index (χ3v) is 4.11. The molecule has 2 heteroatoms. The number of nitrogens with zero attached hydrogens (tertiary/aromatic N) is 1. The maximum absolute atomic E-state index is 4.39. The second-order valence-electron chi connectivity index (χ2n) is 6.11. The molecule has 0 saturated carbocycles. The van der Waals surface area contributed by atoms with Crippen LogP contribution in [0.3, 0.4) is 0 Å². The van der Waals surface area contributed by atoms with Crippen LogP contribution in [0.1, 0.15) is 89.8 Å². The van der Waals surface area contributed by atoms with Gasteiger partial charge in [0.05, 0.1) is 5.69 Å². The van der Waals surface area contributed by atoms with Gasteiger partial charge in [0.1, 0.15) is 0 Å². The van der Waals surface area contributed by atoms with Gasteiger partial charge >= 0.3 is 0 Å². The van der Waals surface area contributed by atoms with Gasteiger partial charge in [-0.25, -0.2) is 0 Å². The predicted molar refractivity (Wildman–Crippen MR) is 92.5 cm³/mol. The van der Waals surface area contributed by atoms with Crippen LogP contribution in [-0.2, 0) is 0 Å². The first-order valence-corrected chi connectivity index (χ1v) is 8.99. The van der Waals surface area contributed by atoms with Crippen LogP contribution in [0.15, 0.2) is 24.4 Å². The fourth-order valence-corrected chi connectivity index (χ4v) is 2.67. The average molecular weight is 290 g/mol. The van der Waals surface area contributed by atoms with Gasteiger partial charge < -0.3 is 5.32 Å². The predicted octanol–water partition coefficient (Wildman–Crippen LogP) is 5.65. The van der Waals surface area contributed by atoms with E-state index in [1.54, 1.807) is 0 Å². The molecule has 0 radical (unpaired) electrons. The lowest BCUT2D eigenvalue weighted by Crippen LogP contribution is -2.20. The second-order valence-corrected chi connectivity index (χ2v) is 6.11. The Kier molecular flexibility index (Phi) is 11.1. The van der Waals surface area contributed by atoms with E-state index in [0.717, 1.165) is 12.2 Å². The number of aromatic nitrogens is 1. The molecule has 1 N–H and O–H groups in total. The van der Waals surface area contributed by atoms with E-state index >= 15 is 0 Å². The molecule has 1 rings (SSSR count). The molecule has 0 aromatic carbocycles. The zero-order valence-corrected chi connectivity index (χ0v) is 14.1. The van der Waals surface area contributed by atoms with Crippen molar-refractivity contribution >= 4 is 0 Å². The van der Waals surface area contributed by atoms with Crippen LogP contribution in [0.5, 0.6) is 0 Å². The summed E-state index contributed by atoms with van der Waals surface area (Å²) in [5.41, 5.74) is 1.14. The molecule has 1 atom stereocenters. The first kappa shape index (κ1) is 18.2. The highest BCUT2D eigenvalue weighted by Crippen LogP contribution is 2.11. The minimum absolute atomic E-state index is 0.366. The van der Waals surface area contributed by atoms with Crippen molar-refractivity contribution in [1.82, 2.24) is 10.3 Å². The molecule has 0 fully saturated rings. The zero-order valence-electron chi connectivity index (χ0n) is 14.1. The van der Waals surface area contributed by atoms with E-state index in [2.05, 4.69) is 36.3 Å². The summed E-state index contributed by atoms with van der Waals surface area (Å²) in [6, 6.07) is 6.49. The van der Waals surface area contributed by atoms with Crippen molar-refractivity contribution in [2.75, 3.05) is 6.54 Å². The molecule has 0 unspecified atom stereocenters. The number of hydrogen-bond acceptors (Lipinski definition) is 2. The summed E-state index contributed by atoms with van der Waals surface area (Å²) in [5.74, 6) is 0. The van der Waals surface area contributed by atoms with E-state index in [1.807, 2.05) is 12.3 Å². The molecule has 1 heterocycles. The highest BCUT2D eigenvalue weighted by atomic mass is 14.9. The van der Waals surface area contributed by atoms with Gasteiger partial charge in [-0.2, -0.15) is 0 Å². The standard InChI is InChI=1S/C19H34N2/c1-3-4-5-6-7-8-9-10-11-13-16-20-18(2)19-15-12-14-17-21-19/h12,14-15,17-18,20H,3-11,13,16H2,1-2H3/t18-/m0/s1. The van der Waals surface area contributed by atoms with Crippen LogP contribution < -0.4 is 5.32 Å². The van der Waals surface area contributed by atoms with Crippen LogP contribution in [0, 0.1) is 0 Å². The van der Waals surface area contributed by atoms with Crippen LogP contribution in [0.25, 0.3) is 0 Å². The van der Waals surface area contributed by atoms with Gasteiger partial charge in [-0.15, -0.1) is 0 Å². The number of rotatable bonds is 13. The molecule has 0 aliphatic rings. The molecule has 0 saturated heterocycles. The Morgan fingerprint density at radius 2 is 1.52 bits per heavy atom. The van der Waals surface area contributed by atoms with Gasteiger partial charge in [-0.1, -0.05) is 70.8 Å². The topological polar surface area (TPSA) is 24.9 Å². The third-order valence-electron chi connectivity index (χ3n) is 4.11. The van der Waals surface area contributed by atoms with Crippen LogP contribution in [0.4, 0.5) is 0 Å². The minimum atomic E-state index is 0.366. The normalized spacial score (nSPS) is 12.5. The van der Waals surface area contributed by atoms with Gasteiger partial charge in [0.2, 0.25) is 0 Å². The molecule has 0 spiro atoms. The fraction of sp³-hybridized carbons (Fsp3) is 0.737. The molecule has 1 aromatic rings. The lowest BCUT2D eigenvalue weighted by Gasteiger charge is -2.12. The quantitative estimate of drug-likeness (QED) is 0.475. The molecule has 2 nitrogen and oxygen atoms in total. The first-order chi connectivity index (χ1) is 10.3. The smallest absolute Gasteiger partial charge is 0.0570 e. The maximum atomic E-state index is 4.39. The Morgan fingerprint density at radius 1 is 0.905 bits per heavy atom. The van der Waals surface area contributed by atoms with Crippen molar-refractivity contribution in [1.29, 1.82) is 0 Å². The van der Waals surface area contributed by atoms with Crippen molar-refractivity contribution < 1.29 is 0 Å². The Hall–Kier alpha value is -0.890. The molecule has 1 aromatic heterocycles. The molecule has 0 amide bonds. The summed E-state index contributed by atoms with van der Waals surface area (Å²) in [7, 11) is 0. The molecule has 0 aliphatic carbocycles. The maximum Gasteiger partial charge on any atom is 0.0570 e. The number of unbranched alkanes of at least 4 members (excludes halogenated alkanes) is 9. The third kappa shape index (κ3) is 9.62. The largest absolute Gasteiger partial charge is 0.309 e. The van der Waals surface area contributed by atoms with Crippen LogP contribution >= 0.6 is 0 Å².